The van der Waals surface area contributed by atoms with Crippen molar-refractivity contribution in [1.29, 1.82) is 0 Å². The van der Waals surface area contributed by atoms with Crippen LogP contribution in [-0.4, -0.2) is 9.97 Å². The van der Waals surface area contributed by atoms with Gasteiger partial charge in [0.25, 0.3) is 0 Å². The highest BCUT2D eigenvalue weighted by atomic mass is 14.9. The SMILES string of the molecule is Cc1cc(C2C=CC=C2)nc(-c2ccc(N)cc2)n1. The molecular weight excluding hydrogens is 234 g/mol. The maximum absolute atomic E-state index is 5.71. The van der Waals surface area contributed by atoms with Crippen molar-refractivity contribution in [3.05, 3.63) is 66.0 Å². The van der Waals surface area contributed by atoms with Gasteiger partial charge in [-0.25, -0.2) is 9.97 Å². The van der Waals surface area contributed by atoms with Crippen LogP contribution in [0.4, 0.5) is 5.69 Å². The maximum atomic E-state index is 5.71. The third-order valence-electron chi connectivity index (χ3n) is 3.13. The van der Waals surface area contributed by atoms with Crippen molar-refractivity contribution in [2.75, 3.05) is 5.73 Å². The summed E-state index contributed by atoms with van der Waals surface area (Å²) in [5, 5.41) is 0. The van der Waals surface area contributed by atoms with Gasteiger partial charge in [-0.3, -0.25) is 0 Å². The van der Waals surface area contributed by atoms with E-state index in [0.29, 0.717) is 0 Å². The van der Waals surface area contributed by atoms with Crippen LogP contribution in [0, 0.1) is 6.92 Å². The number of nitrogen functional groups attached to an aromatic ring is 1. The Morgan fingerprint density at radius 1 is 1.00 bits per heavy atom. The second-order valence-electron chi connectivity index (χ2n) is 4.68. The second-order valence-corrected chi connectivity index (χ2v) is 4.68. The molecule has 3 nitrogen and oxygen atoms in total. The summed E-state index contributed by atoms with van der Waals surface area (Å²) in [6.07, 6.45) is 8.36. The molecule has 3 rings (SSSR count). The average molecular weight is 249 g/mol. The fraction of sp³-hybridized carbons (Fsp3) is 0.125. The minimum absolute atomic E-state index is 0.259. The van der Waals surface area contributed by atoms with Crippen LogP contribution in [0.3, 0.4) is 0 Å². The summed E-state index contributed by atoms with van der Waals surface area (Å²) in [7, 11) is 0. The van der Waals surface area contributed by atoms with Crippen molar-refractivity contribution in [2.45, 2.75) is 12.8 Å². The number of benzene rings is 1. The number of hydrogen-bond acceptors (Lipinski definition) is 3. The molecule has 0 saturated heterocycles. The van der Waals surface area contributed by atoms with Crippen LogP contribution < -0.4 is 5.73 Å². The monoisotopic (exact) mass is 249 g/mol. The molecule has 1 heterocycles. The summed E-state index contributed by atoms with van der Waals surface area (Å²) in [6, 6.07) is 9.68. The van der Waals surface area contributed by atoms with E-state index in [-0.39, 0.29) is 5.92 Å². The number of aryl methyl sites for hydroxylation is 1. The quantitative estimate of drug-likeness (QED) is 0.831. The Bertz CT molecular complexity index is 642. The normalized spacial score (nSPS) is 14.2. The van der Waals surface area contributed by atoms with Crippen LogP contribution >= 0.6 is 0 Å². The smallest absolute Gasteiger partial charge is 0.159 e. The van der Waals surface area contributed by atoms with E-state index in [1.807, 2.05) is 49.4 Å². The first-order valence-electron chi connectivity index (χ1n) is 6.29. The highest BCUT2D eigenvalue weighted by Crippen LogP contribution is 2.24. The standard InChI is InChI=1S/C16H15N3/c1-11-10-15(12-4-2-3-5-12)19-16(18-11)13-6-8-14(17)9-7-13/h2-10,12H,17H2,1H3. The van der Waals surface area contributed by atoms with E-state index in [1.54, 1.807) is 0 Å². The fourth-order valence-electron chi connectivity index (χ4n) is 2.15. The third kappa shape index (κ3) is 2.40. The topological polar surface area (TPSA) is 51.8 Å². The molecule has 0 radical (unpaired) electrons. The zero-order valence-corrected chi connectivity index (χ0v) is 10.7. The Kier molecular flexibility index (Phi) is 2.88. The van der Waals surface area contributed by atoms with Gasteiger partial charge in [-0.1, -0.05) is 24.3 Å². The van der Waals surface area contributed by atoms with Crippen LogP contribution in [0.1, 0.15) is 17.3 Å². The first-order valence-corrected chi connectivity index (χ1v) is 6.29. The molecule has 1 aromatic heterocycles. The number of nitrogens with zero attached hydrogens (tertiary/aromatic N) is 2. The lowest BCUT2D eigenvalue weighted by Crippen LogP contribution is -2.00. The van der Waals surface area contributed by atoms with Gasteiger partial charge in [-0.15, -0.1) is 0 Å². The summed E-state index contributed by atoms with van der Waals surface area (Å²) < 4.78 is 0. The molecule has 0 fully saturated rings. The molecule has 1 aromatic carbocycles. The highest BCUT2D eigenvalue weighted by Gasteiger charge is 2.12. The summed E-state index contributed by atoms with van der Waals surface area (Å²) in [4.78, 5) is 9.17. The van der Waals surface area contributed by atoms with Crippen molar-refractivity contribution >= 4 is 5.69 Å². The molecule has 0 aliphatic heterocycles. The van der Waals surface area contributed by atoms with Crippen molar-refractivity contribution in [2.24, 2.45) is 0 Å². The molecule has 3 heteroatoms. The molecule has 2 aromatic rings. The van der Waals surface area contributed by atoms with Crippen LogP contribution in [0.25, 0.3) is 11.4 Å². The Hall–Kier alpha value is -2.42. The molecule has 1 aliphatic rings. The van der Waals surface area contributed by atoms with E-state index in [4.69, 9.17) is 5.73 Å². The predicted molar refractivity (Wildman–Crippen MR) is 77.6 cm³/mol. The van der Waals surface area contributed by atoms with E-state index >= 15 is 0 Å². The first kappa shape index (κ1) is 11.7. The molecule has 94 valence electrons. The van der Waals surface area contributed by atoms with Gasteiger partial charge in [-0.2, -0.15) is 0 Å². The second kappa shape index (κ2) is 4.69. The molecule has 19 heavy (non-hydrogen) atoms. The zero-order valence-electron chi connectivity index (χ0n) is 10.7. The summed E-state index contributed by atoms with van der Waals surface area (Å²) in [5.74, 6) is 1.01. The lowest BCUT2D eigenvalue weighted by atomic mass is 10.1. The molecule has 0 atom stereocenters. The highest BCUT2D eigenvalue weighted by molar-refractivity contribution is 5.59. The average Bonchev–Trinajstić information content (AvgIpc) is 2.93. The van der Waals surface area contributed by atoms with Gasteiger partial charge in [0, 0.05) is 22.9 Å². The van der Waals surface area contributed by atoms with Gasteiger partial charge in [0.05, 0.1) is 5.69 Å². The zero-order chi connectivity index (χ0) is 13.2. The van der Waals surface area contributed by atoms with E-state index in [1.165, 1.54) is 0 Å². The molecule has 1 aliphatic carbocycles. The molecule has 0 unspecified atom stereocenters. The minimum atomic E-state index is 0.259. The van der Waals surface area contributed by atoms with Gasteiger partial charge in [0.1, 0.15) is 0 Å². The molecule has 2 N–H and O–H groups in total. The van der Waals surface area contributed by atoms with E-state index in [0.717, 1.165) is 28.5 Å². The van der Waals surface area contributed by atoms with Crippen molar-refractivity contribution in [3.63, 3.8) is 0 Å². The summed E-state index contributed by atoms with van der Waals surface area (Å²) >= 11 is 0. The molecular formula is C16H15N3. The largest absolute Gasteiger partial charge is 0.399 e. The molecule has 0 saturated carbocycles. The lowest BCUT2D eigenvalue weighted by Gasteiger charge is -2.09. The number of aromatic nitrogens is 2. The van der Waals surface area contributed by atoms with Gasteiger partial charge < -0.3 is 5.73 Å². The van der Waals surface area contributed by atoms with Crippen molar-refractivity contribution in [3.8, 4) is 11.4 Å². The van der Waals surface area contributed by atoms with E-state index in [9.17, 15) is 0 Å². The first-order chi connectivity index (χ1) is 9.22. The van der Waals surface area contributed by atoms with Gasteiger partial charge in [0.15, 0.2) is 5.82 Å². The fourth-order valence-corrected chi connectivity index (χ4v) is 2.15. The maximum Gasteiger partial charge on any atom is 0.159 e. The summed E-state index contributed by atoms with van der Waals surface area (Å²) in [5.41, 5.74) is 9.45. The number of nitrogens with two attached hydrogens (primary N) is 1. The Morgan fingerprint density at radius 2 is 1.68 bits per heavy atom. The number of rotatable bonds is 2. The molecule has 0 bridgehead atoms. The predicted octanol–water partition coefficient (Wildman–Crippen LogP) is 3.24. The number of anilines is 1. The number of allylic oxidation sites excluding steroid dienone is 4. The van der Waals surface area contributed by atoms with Crippen LogP contribution in [-0.2, 0) is 0 Å². The van der Waals surface area contributed by atoms with Gasteiger partial charge in [-0.05, 0) is 37.3 Å². The third-order valence-corrected chi connectivity index (χ3v) is 3.13. The molecule has 0 spiro atoms. The van der Waals surface area contributed by atoms with E-state index in [2.05, 4.69) is 22.1 Å². The lowest BCUT2D eigenvalue weighted by molar-refractivity contribution is 0.962. The van der Waals surface area contributed by atoms with Gasteiger partial charge >= 0.3 is 0 Å². The van der Waals surface area contributed by atoms with Crippen LogP contribution in [0.15, 0.2) is 54.6 Å². The van der Waals surface area contributed by atoms with Crippen molar-refractivity contribution < 1.29 is 0 Å². The molecule has 0 amide bonds. The minimum Gasteiger partial charge on any atom is -0.399 e. The number of hydrogen-bond donors (Lipinski definition) is 1. The van der Waals surface area contributed by atoms with Crippen molar-refractivity contribution in [1.82, 2.24) is 9.97 Å². The van der Waals surface area contributed by atoms with Gasteiger partial charge in [0.2, 0.25) is 0 Å². The van der Waals surface area contributed by atoms with Crippen LogP contribution in [0.5, 0.6) is 0 Å². The Balaban J connectivity index is 2.04. The summed E-state index contributed by atoms with van der Waals surface area (Å²) in [6.45, 7) is 1.99. The van der Waals surface area contributed by atoms with Crippen LogP contribution in [0.2, 0.25) is 0 Å². The van der Waals surface area contributed by atoms with E-state index < -0.39 is 0 Å². The Morgan fingerprint density at radius 3 is 2.37 bits per heavy atom. The Labute approximate surface area is 112 Å².